The predicted octanol–water partition coefficient (Wildman–Crippen LogP) is 3.35. The Labute approximate surface area is 182 Å². The lowest BCUT2D eigenvalue weighted by molar-refractivity contribution is -0.135. The van der Waals surface area contributed by atoms with Gasteiger partial charge in [-0.1, -0.05) is 6.07 Å². The molecule has 31 heavy (non-hydrogen) atoms. The topological polar surface area (TPSA) is 68.4 Å². The van der Waals surface area contributed by atoms with Crippen molar-refractivity contribution in [2.24, 2.45) is 0 Å². The molecular weight excluding hydrogens is 395 g/mol. The van der Waals surface area contributed by atoms with E-state index >= 15 is 0 Å². The largest absolute Gasteiger partial charge is 0.350 e. The number of hydrogen-bond acceptors (Lipinski definition) is 3. The van der Waals surface area contributed by atoms with E-state index in [1.54, 1.807) is 19.1 Å². The van der Waals surface area contributed by atoms with Crippen LogP contribution in [0.25, 0.3) is 10.9 Å². The SMILES string of the molecule is CC(=O)N1C2CCC1CN([C@@H]1CCC[C@@H](NC(=O)c3cc4c(F)ccc(C)c4[nH]3)C1)C2. The van der Waals surface area contributed by atoms with E-state index in [0.29, 0.717) is 34.7 Å². The standard InChI is InChI=1S/C24H31FN4O2/c1-14-6-9-21(25)20-11-22(27-23(14)20)24(31)26-16-4-3-5-17(10-16)28-12-18-7-8-19(13-28)29(18)15(2)30/h6,9,11,16-19,27H,3-5,7-8,10,12-13H2,1-2H3,(H,26,31)/t16-,17-,18?,19?/m1/s1. The summed E-state index contributed by atoms with van der Waals surface area (Å²) in [6, 6.07) is 6.03. The minimum atomic E-state index is -0.312. The zero-order valence-corrected chi connectivity index (χ0v) is 18.3. The summed E-state index contributed by atoms with van der Waals surface area (Å²) in [7, 11) is 0. The molecule has 3 aliphatic rings. The Morgan fingerprint density at radius 1 is 1.10 bits per heavy atom. The normalized spacial score (nSPS) is 28.8. The van der Waals surface area contributed by atoms with Gasteiger partial charge in [0.1, 0.15) is 11.5 Å². The van der Waals surface area contributed by atoms with Crippen molar-refractivity contribution in [1.29, 1.82) is 0 Å². The fourth-order valence-corrected chi connectivity index (χ4v) is 6.09. The molecule has 1 aliphatic carbocycles. The number of piperazine rings is 1. The lowest BCUT2D eigenvalue weighted by Gasteiger charge is -2.46. The molecule has 0 spiro atoms. The van der Waals surface area contributed by atoms with Crippen molar-refractivity contribution in [3.8, 4) is 0 Å². The van der Waals surface area contributed by atoms with Crippen molar-refractivity contribution in [3.63, 3.8) is 0 Å². The number of likely N-dealkylation sites (tertiary alicyclic amines) is 1. The van der Waals surface area contributed by atoms with E-state index < -0.39 is 0 Å². The highest BCUT2D eigenvalue weighted by molar-refractivity contribution is 5.99. The van der Waals surface area contributed by atoms with Gasteiger partial charge < -0.3 is 15.2 Å². The second-order valence-electron chi connectivity index (χ2n) is 9.59. The molecule has 3 heterocycles. The van der Waals surface area contributed by atoms with Crippen LogP contribution in [-0.2, 0) is 4.79 Å². The average molecular weight is 427 g/mol. The highest BCUT2D eigenvalue weighted by Gasteiger charge is 2.43. The number of aromatic amines is 1. The molecular formula is C24H31FN4O2. The number of carbonyl (C=O) groups is 2. The molecule has 2 bridgehead atoms. The van der Waals surface area contributed by atoms with E-state index in [4.69, 9.17) is 0 Å². The molecule has 166 valence electrons. The highest BCUT2D eigenvalue weighted by atomic mass is 19.1. The fraction of sp³-hybridized carbons (Fsp3) is 0.583. The summed E-state index contributed by atoms with van der Waals surface area (Å²) in [6.07, 6.45) is 6.32. The van der Waals surface area contributed by atoms with Gasteiger partial charge in [0.05, 0.1) is 5.52 Å². The van der Waals surface area contributed by atoms with E-state index in [9.17, 15) is 14.0 Å². The zero-order chi connectivity index (χ0) is 21.7. The number of rotatable bonds is 3. The molecule has 1 aromatic heterocycles. The Balaban J connectivity index is 1.24. The lowest BCUT2D eigenvalue weighted by Crippen LogP contribution is -2.59. The van der Waals surface area contributed by atoms with E-state index in [1.807, 2.05) is 6.92 Å². The van der Waals surface area contributed by atoms with E-state index in [-0.39, 0.29) is 23.7 Å². The van der Waals surface area contributed by atoms with Crippen molar-refractivity contribution in [3.05, 3.63) is 35.3 Å². The number of H-pyrrole nitrogens is 1. The molecule has 2 aliphatic heterocycles. The number of amides is 2. The van der Waals surface area contributed by atoms with Crippen LogP contribution in [0.1, 0.15) is 61.5 Å². The predicted molar refractivity (Wildman–Crippen MR) is 117 cm³/mol. The van der Waals surface area contributed by atoms with Gasteiger partial charge in [0.2, 0.25) is 5.91 Å². The number of fused-ring (bicyclic) bond motifs is 3. The first-order chi connectivity index (χ1) is 14.9. The molecule has 4 atom stereocenters. The molecule has 2 N–H and O–H groups in total. The van der Waals surface area contributed by atoms with Crippen LogP contribution in [0.15, 0.2) is 18.2 Å². The Morgan fingerprint density at radius 2 is 1.84 bits per heavy atom. The minimum absolute atomic E-state index is 0.118. The van der Waals surface area contributed by atoms with Gasteiger partial charge in [-0.3, -0.25) is 14.5 Å². The van der Waals surface area contributed by atoms with Gasteiger partial charge in [0.15, 0.2) is 0 Å². The molecule has 2 unspecified atom stereocenters. The first-order valence-corrected chi connectivity index (χ1v) is 11.5. The molecule has 2 saturated heterocycles. The maximum absolute atomic E-state index is 14.1. The number of halogens is 1. The first kappa shape index (κ1) is 20.5. The maximum Gasteiger partial charge on any atom is 0.267 e. The second-order valence-corrected chi connectivity index (χ2v) is 9.59. The van der Waals surface area contributed by atoms with Crippen LogP contribution in [0.4, 0.5) is 4.39 Å². The summed E-state index contributed by atoms with van der Waals surface area (Å²) in [5.41, 5.74) is 2.02. The van der Waals surface area contributed by atoms with E-state index in [2.05, 4.69) is 20.1 Å². The van der Waals surface area contributed by atoms with Gasteiger partial charge in [0, 0.05) is 49.6 Å². The van der Waals surface area contributed by atoms with Crippen molar-refractivity contribution in [1.82, 2.24) is 20.1 Å². The van der Waals surface area contributed by atoms with Crippen LogP contribution in [0.3, 0.4) is 0 Å². The summed E-state index contributed by atoms with van der Waals surface area (Å²) in [4.78, 5) is 32.6. The molecule has 5 rings (SSSR count). The molecule has 2 amide bonds. The quantitative estimate of drug-likeness (QED) is 0.791. The Bertz CT molecular complexity index is 965. The van der Waals surface area contributed by atoms with Crippen LogP contribution in [0.2, 0.25) is 0 Å². The van der Waals surface area contributed by atoms with E-state index in [1.165, 1.54) is 6.07 Å². The third kappa shape index (κ3) is 3.73. The van der Waals surface area contributed by atoms with Crippen molar-refractivity contribution >= 4 is 22.7 Å². The molecule has 7 heteroatoms. The van der Waals surface area contributed by atoms with Gasteiger partial charge >= 0.3 is 0 Å². The molecule has 6 nitrogen and oxygen atoms in total. The van der Waals surface area contributed by atoms with Crippen LogP contribution >= 0.6 is 0 Å². The highest BCUT2D eigenvalue weighted by Crippen LogP contribution is 2.34. The van der Waals surface area contributed by atoms with Crippen LogP contribution in [0, 0.1) is 12.7 Å². The average Bonchev–Trinajstić information content (AvgIpc) is 3.32. The van der Waals surface area contributed by atoms with Crippen LogP contribution < -0.4 is 5.32 Å². The third-order valence-corrected chi connectivity index (χ3v) is 7.57. The summed E-state index contributed by atoms with van der Waals surface area (Å²) in [5.74, 6) is -0.277. The summed E-state index contributed by atoms with van der Waals surface area (Å²) in [6.45, 7) is 5.49. The van der Waals surface area contributed by atoms with Crippen LogP contribution in [0.5, 0.6) is 0 Å². The maximum atomic E-state index is 14.1. The monoisotopic (exact) mass is 426 g/mol. The summed E-state index contributed by atoms with van der Waals surface area (Å²) < 4.78 is 14.1. The fourth-order valence-electron chi connectivity index (χ4n) is 6.09. The summed E-state index contributed by atoms with van der Waals surface area (Å²) >= 11 is 0. The van der Waals surface area contributed by atoms with E-state index in [0.717, 1.165) is 57.2 Å². The van der Waals surface area contributed by atoms with Crippen molar-refractivity contribution in [2.75, 3.05) is 13.1 Å². The third-order valence-electron chi connectivity index (χ3n) is 7.57. The van der Waals surface area contributed by atoms with Gasteiger partial charge in [-0.2, -0.15) is 0 Å². The number of nitrogens with one attached hydrogen (secondary N) is 2. The molecule has 3 fully saturated rings. The number of nitrogens with zero attached hydrogens (tertiary/aromatic N) is 2. The number of carbonyl (C=O) groups excluding carboxylic acids is 2. The van der Waals surface area contributed by atoms with Gasteiger partial charge in [-0.15, -0.1) is 0 Å². The summed E-state index contributed by atoms with van der Waals surface area (Å²) in [5, 5.41) is 3.65. The molecule has 2 aromatic rings. The second kappa shape index (κ2) is 7.93. The number of aryl methyl sites for hydroxylation is 1. The Morgan fingerprint density at radius 3 is 2.52 bits per heavy atom. The zero-order valence-electron chi connectivity index (χ0n) is 18.3. The number of aromatic nitrogens is 1. The van der Waals surface area contributed by atoms with Gasteiger partial charge in [-0.05, 0) is 63.1 Å². The smallest absolute Gasteiger partial charge is 0.267 e. The van der Waals surface area contributed by atoms with Crippen molar-refractivity contribution in [2.45, 2.75) is 76.5 Å². The molecule has 1 saturated carbocycles. The number of hydrogen-bond donors (Lipinski definition) is 2. The molecule has 1 aromatic carbocycles. The van der Waals surface area contributed by atoms with Crippen molar-refractivity contribution < 1.29 is 14.0 Å². The van der Waals surface area contributed by atoms with Gasteiger partial charge in [-0.25, -0.2) is 4.39 Å². The van der Waals surface area contributed by atoms with Gasteiger partial charge in [0.25, 0.3) is 5.91 Å². The minimum Gasteiger partial charge on any atom is -0.350 e. The first-order valence-electron chi connectivity index (χ1n) is 11.5. The Kier molecular flexibility index (Phi) is 5.24. The lowest BCUT2D eigenvalue weighted by atomic mass is 9.89. The number of benzene rings is 1. The van der Waals surface area contributed by atoms with Crippen LogP contribution in [-0.4, -0.2) is 63.9 Å². The Hall–Kier alpha value is -2.41. The molecule has 0 radical (unpaired) electrons.